The summed E-state index contributed by atoms with van der Waals surface area (Å²) in [5, 5.41) is 17.0. The topological polar surface area (TPSA) is 107 Å². The van der Waals surface area contributed by atoms with Crippen molar-refractivity contribution in [1.82, 2.24) is 4.72 Å². The number of nitrogens with one attached hydrogen (secondary N) is 1. The van der Waals surface area contributed by atoms with Gasteiger partial charge in [-0.25, -0.2) is 13.1 Å². The fourth-order valence-electron chi connectivity index (χ4n) is 1.11. The summed E-state index contributed by atoms with van der Waals surface area (Å²) < 4.78 is 25.5. The van der Waals surface area contributed by atoms with Crippen LogP contribution in [0.3, 0.4) is 0 Å². The van der Waals surface area contributed by atoms with E-state index in [0.717, 1.165) is 0 Å². The number of aliphatic carboxylic acids is 1. The van der Waals surface area contributed by atoms with E-state index in [1.165, 1.54) is 24.3 Å². The first-order valence-corrected chi connectivity index (χ1v) is 6.15. The number of hydrogen-bond acceptors (Lipinski definition) is 4. The van der Waals surface area contributed by atoms with Crippen molar-refractivity contribution in [2.45, 2.75) is 11.3 Å². The van der Waals surface area contributed by atoms with E-state index in [9.17, 15) is 13.2 Å². The molecule has 2 N–H and O–H groups in total. The molecule has 6 nitrogen and oxygen atoms in total. The highest BCUT2D eigenvalue weighted by Crippen LogP contribution is 2.10. The molecule has 0 spiro atoms. The Balaban J connectivity index is 2.83. The molecular weight excluding hydrogens is 244 g/mol. The van der Waals surface area contributed by atoms with Gasteiger partial charge in [-0.1, -0.05) is 6.07 Å². The summed E-state index contributed by atoms with van der Waals surface area (Å²) in [4.78, 5) is 10.2. The van der Waals surface area contributed by atoms with Crippen LogP contribution in [-0.4, -0.2) is 26.0 Å². The first kappa shape index (κ1) is 13.2. The smallest absolute Gasteiger partial charge is 0.304 e. The zero-order chi connectivity index (χ0) is 12.9. The van der Waals surface area contributed by atoms with Crippen molar-refractivity contribution in [3.8, 4) is 6.07 Å². The summed E-state index contributed by atoms with van der Waals surface area (Å²) in [6, 6.07) is 7.32. The Morgan fingerprint density at radius 2 is 2.18 bits per heavy atom. The highest BCUT2D eigenvalue weighted by molar-refractivity contribution is 7.89. The van der Waals surface area contributed by atoms with Gasteiger partial charge in [-0.05, 0) is 18.2 Å². The molecule has 1 rings (SSSR count). The largest absolute Gasteiger partial charge is 0.481 e. The highest BCUT2D eigenvalue weighted by Gasteiger charge is 2.14. The minimum atomic E-state index is -3.75. The van der Waals surface area contributed by atoms with E-state index in [2.05, 4.69) is 4.72 Å². The molecule has 0 aromatic heterocycles. The van der Waals surface area contributed by atoms with Crippen LogP contribution in [0.15, 0.2) is 29.2 Å². The van der Waals surface area contributed by atoms with Gasteiger partial charge >= 0.3 is 5.97 Å². The van der Waals surface area contributed by atoms with Crippen molar-refractivity contribution in [1.29, 1.82) is 5.26 Å². The average Bonchev–Trinajstić information content (AvgIpc) is 2.28. The quantitative estimate of drug-likeness (QED) is 0.786. The van der Waals surface area contributed by atoms with Gasteiger partial charge in [0.25, 0.3) is 0 Å². The van der Waals surface area contributed by atoms with Crippen LogP contribution in [0.2, 0.25) is 0 Å². The molecule has 0 unspecified atom stereocenters. The summed E-state index contributed by atoms with van der Waals surface area (Å²) in [6.07, 6.45) is -0.294. The number of carbonyl (C=O) groups is 1. The third kappa shape index (κ3) is 3.86. The van der Waals surface area contributed by atoms with Crippen molar-refractivity contribution in [3.63, 3.8) is 0 Å². The Hall–Kier alpha value is -1.91. The maximum Gasteiger partial charge on any atom is 0.304 e. The number of nitrogens with zero attached hydrogens (tertiary/aromatic N) is 1. The zero-order valence-corrected chi connectivity index (χ0v) is 9.57. The number of benzene rings is 1. The second-order valence-electron chi connectivity index (χ2n) is 3.18. The SMILES string of the molecule is N#Cc1cccc(S(=O)(=O)NCCC(=O)O)c1. The summed E-state index contributed by atoms with van der Waals surface area (Å²) in [6.45, 7) is -0.186. The molecule has 0 aliphatic carbocycles. The Kier molecular flexibility index (Phi) is 4.20. The third-order valence-electron chi connectivity index (χ3n) is 1.90. The van der Waals surface area contributed by atoms with Gasteiger partial charge in [0, 0.05) is 6.54 Å². The second-order valence-corrected chi connectivity index (χ2v) is 4.95. The van der Waals surface area contributed by atoms with Crippen LogP contribution in [0.4, 0.5) is 0 Å². The van der Waals surface area contributed by atoms with Gasteiger partial charge in [-0.2, -0.15) is 5.26 Å². The number of rotatable bonds is 5. The molecule has 7 heteroatoms. The van der Waals surface area contributed by atoms with E-state index in [1.54, 1.807) is 0 Å². The van der Waals surface area contributed by atoms with Crippen LogP contribution in [0, 0.1) is 11.3 Å². The molecule has 0 bridgehead atoms. The lowest BCUT2D eigenvalue weighted by molar-refractivity contribution is -0.136. The predicted molar refractivity (Wildman–Crippen MR) is 58.6 cm³/mol. The van der Waals surface area contributed by atoms with Crippen LogP contribution in [0.5, 0.6) is 0 Å². The number of hydrogen-bond donors (Lipinski definition) is 2. The van der Waals surface area contributed by atoms with Gasteiger partial charge in [-0.15, -0.1) is 0 Å². The minimum absolute atomic E-state index is 0.0538. The van der Waals surface area contributed by atoms with Crippen molar-refractivity contribution < 1.29 is 18.3 Å². The zero-order valence-electron chi connectivity index (χ0n) is 8.75. The molecule has 0 saturated heterocycles. The first-order chi connectivity index (χ1) is 7.95. The van der Waals surface area contributed by atoms with Gasteiger partial charge in [0.2, 0.25) is 10.0 Å². The predicted octanol–water partition coefficient (Wildman–Crippen LogP) is 0.311. The van der Waals surface area contributed by atoms with Crippen LogP contribution in [0.1, 0.15) is 12.0 Å². The lowest BCUT2D eigenvalue weighted by Gasteiger charge is -2.05. The molecule has 90 valence electrons. The number of carboxylic acid groups (broad SMARTS) is 1. The van der Waals surface area contributed by atoms with E-state index >= 15 is 0 Å². The molecule has 0 fully saturated rings. The molecule has 1 aromatic carbocycles. The van der Waals surface area contributed by atoms with Crippen LogP contribution >= 0.6 is 0 Å². The lowest BCUT2D eigenvalue weighted by Crippen LogP contribution is -2.26. The molecule has 17 heavy (non-hydrogen) atoms. The molecular formula is C10H10N2O4S. The fourth-order valence-corrected chi connectivity index (χ4v) is 2.19. The molecule has 0 amide bonds. The Morgan fingerprint density at radius 1 is 1.47 bits per heavy atom. The normalized spacial score (nSPS) is 10.8. The van der Waals surface area contributed by atoms with E-state index in [-0.39, 0.29) is 23.4 Å². The van der Waals surface area contributed by atoms with Crippen molar-refractivity contribution >= 4 is 16.0 Å². The number of carboxylic acids is 1. The van der Waals surface area contributed by atoms with Crippen LogP contribution in [-0.2, 0) is 14.8 Å². The summed E-state index contributed by atoms with van der Waals surface area (Å²) in [5.74, 6) is -1.08. The average molecular weight is 254 g/mol. The van der Waals surface area contributed by atoms with Gasteiger partial charge in [0.05, 0.1) is 22.9 Å². The minimum Gasteiger partial charge on any atom is -0.481 e. The van der Waals surface area contributed by atoms with Crippen LogP contribution < -0.4 is 4.72 Å². The summed E-state index contributed by atoms with van der Waals surface area (Å²) >= 11 is 0. The highest BCUT2D eigenvalue weighted by atomic mass is 32.2. The number of nitriles is 1. The Bertz CT molecular complexity index is 560. The molecule has 0 aliphatic heterocycles. The van der Waals surface area contributed by atoms with Gasteiger partial charge < -0.3 is 5.11 Å². The van der Waals surface area contributed by atoms with Crippen LogP contribution in [0.25, 0.3) is 0 Å². The monoisotopic (exact) mass is 254 g/mol. The molecule has 0 heterocycles. The molecule has 0 radical (unpaired) electrons. The molecule has 0 aliphatic rings. The summed E-state index contributed by atoms with van der Waals surface area (Å²) in [7, 11) is -3.75. The Labute approximate surface area is 98.6 Å². The first-order valence-electron chi connectivity index (χ1n) is 4.67. The molecule has 0 saturated carbocycles. The molecule has 0 atom stereocenters. The van der Waals surface area contributed by atoms with Crippen molar-refractivity contribution in [2.24, 2.45) is 0 Å². The van der Waals surface area contributed by atoms with Gasteiger partial charge in [-0.3, -0.25) is 4.79 Å². The lowest BCUT2D eigenvalue weighted by atomic mass is 10.2. The second kappa shape index (κ2) is 5.43. The van der Waals surface area contributed by atoms with E-state index < -0.39 is 16.0 Å². The third-order valence-corrected chi connectivity index (χ3v) is 3.36. The van der Waals surface area contributed by atoms with Gasteiger partial charge in [0.1, 0.15) is 0 Å². The standard InChI is InChI=1S/C10H10N2O4S/c11-7-8-2-1-3-9(6-8)17(15,16)12-5-4-10(13)14/h1-3,6,12H,4-5H2,(H,13,14). The van der Waals surface area contributed by atoms with E-state index in [1.807, 2.05) is 6.07 Å². The molecule has 1 aromatic rings. The van der Waals surface area contributed by atoms with Crippen molar-refractivity contribution in [2.75, 3.05) is 6.54 Å². The fraction of sp³-hybridized carbons (Fsp3) is 0.200. The Morgan fingerprint density at radius 3 is 2.76 bits per heavy atom. The summed E-state index contributed by atoms with van der Waals surface area (Å²) in [5.41, 5.74) is 0.228. The van der Waals surface area contributed by atoms with E-state index in [0.29, 0.717) is 0 Å². The van der Waals surface area contributed by atoms with E-state index in [4.69, 9.17) is 10.4 Å². The number of sulfonamides is 1. The maximum absolute atomic E-state index is 11.7. The van der Waals surface area contributed by atoms with Gasteiger partial charge in [0.15, 0.2) is 0 Å². The maximum atomic E-state index is 11.7. The van der Waals surface area contributed by atoms with Crippen molar-refractivity contribution in [3.05, 3.63) is 29.8 Å².